The van der Waals surface area contributed by atoms with Gasteiger partial charge in [-0.2, -0.15) is 0 Å². The monoisotopic (exact) mass is 317 g/mol. The van der Waals surface area contributed by atoms with E-state index in [1.165, 1.54) is 5.56 Å². The number of methoxy groups -OCH3 is 1. The average Bonchev–Trinajstić information content (AvgIpc) is 2.58. The minimum atomic E-state index is -2.98. The average molecular weight is 317 g/mol. The lowest BCUT2D eigenvalue weighted by Gasteiger charge is -2.35. The van der Waals surface area contributed by atoms with Gasteiger partial charge in [-0.05, 0) is 42.2 Å². The van der Waals surface area contributed by atoms with Crippen molar-refractivity contribution >= 4 is 12.6 Å². The van der Waals surface area contributed by atoms with Crippen molar-refractivity contribution < 1.29 is 14.5 Å². The maximum Gasteiger partial charge on any atom is 0.201 e. The lowest BCUT2D eigenvalue weighted by atomic mass is 9.98. The molecule has 1 fully saturated rings. The van der Waals surface area contributed by atoms with Crippen LogP contribution in [0.15, 0.2) is 54.6 Å². The van der Waals surface area contributed by atoms with E-state index in [-0.39, 0.29) is 5.92 Å². The van der Waals surface area contributed by atoms with Crippen molar-refractivity contribution in [3.63, 3.8) is 0 Å². The fraction of sp³-hybridized carbons (Fsp3) is 0.294. The summed E-state index contributed by atoms with van der Waals surface area (Å²) in [4.78, 5) is 1.05. The Morgan fingerprint density at radius 1 is 1.14 bits per heavy atom. The molecule has 0 aliphatic carbocycles. The zero-order chi connectivity index (χ0) is 15.6. The first-order chi connectivity index (χ1) is 10.6. The molecule has 116 valence electrons. The summed E-state index contributed by atoms with van der Waals surface area (Å²) in [6, 6.07) is 17.3. The normalized spacial score (nSPS) is 25.8. The van der Waals surface area contributed by atoms with Gasteiger partial charge in [-0.25, -0.2) is 0 Å². The van der Waals surface area contributed by atoms with E-state index in [2.05, 4.69) is 12.1 Å². The van der Waals surface area contributed by atoms with E-state index in [0.717, 1.165) is 17.0 Å². The number of hydroxylamine groups is 1. The van der Waals surface area contributed by atoms with Crippen molar-refractivity contribution in [2.45, 2.75) is 12.3 Å². The smallest absolute Gasteiger partial charge is 0.201 e. The van der Waals surface area contributed by atoms with Crippen LogP contribution in [0.1, 0.15) is 17.9 Å². The molecule has 22 heavy (non-hydrogen) atoms. The van der Waals surface area contributed by atoms with Crippen molar-refractivity contribution in [1.29, 1.82) is 0 Å². The van der Waals surface area contributed by atoms with Crippen LogP contribution in [0, 0.1) is 0 Å². The van der Waals surface area contributed by atoms with Gasteiger partial charge < -0.3 is 9.94 Å². The largest absolute Gasteiger partial charge is 0.497 e. The standard InChI is InChI=1S/C17H20NO3P/c1-21-16-7-9-17(10-8-16)22(20)13-15(11-12-18(22)19)14-5-3-2-4-6-14/h2-10,15,19H,11-13H2,1H3. The molecule has 1 aliphatic rings. The lowest BCUT2D eigenvalue weighted by molar-refractivity contribution is -0.00625. The van der Waals surface area contributed by atoms with Crippen molar-refractivity contribution in [3.8, 4) is 5.75 Å². The molecule has 0 amide bonds. The molecule has 1 heterocycles. The Bertz CT molecular complexity index is 672. The number of nitrogens with zero attached hydrogens (tertiary/aromatic N) is 1. The van der Waals surface area contributed by atoms with Crippen LogP contribution in [0.3, 0.4) is 0 Å². The van der Waals surface area contributed by atoms with Crippen LogP contribution >= 0.6 is 7.29 Å². The summed E-state index contributed by atoms with van der Waals surface area (Å²) in [5, 5.41) is 10.9. The second-order valence-corrected chi connectivity index (χ2v) is 8.32. The van der Waals surface area contributed by atoms with Gasteiger partial charge in [-0.1, -0.05) is 30.3 Å². The molecule has 1 saturated heterocycles. The summed E-state index contributed by atoms with van der Waals surface area (Å²) in [6.45, 7) is 0.420. The Labute approximate surface area is 130 Å². The third kappa shape index (κ3) is 2.82. The van der Waals surface area contributed by atoms with Crippen LogP contribution in [0.2, 0.25) is 0 Å². The molecule has 0 aromatic heterocycles. The van der Waals surface area contributed by atoms with E-state index in [4.69, 9.17) is 4.74 Å². The first kappa shape index (κ1) is 15.3. The second kappa shape index (κ2) is 6.25. The highest BCUT2D eigenvalue weighted by molar-refractivity contribution is 7.69. The van der Waals surface area contributed by atoms with Crippen LogP contribution in [-0.2, 0) is 4.57 Å². The number of benzene rings is 2. The molecule has 3 rings (SSSR count). The molecular formula is C17H20NO3P. The van der Waals surface area contributed by atoms with E-state index in [1.807, 2.05) is 18.2 Å². The fourth-order valence-corrected chi connectivity index (χ4v) is 5.68. The van der Waals surface area contributed by atoms with Crippen molar-refractivity contribution in [2.75, 3.05) is 19.8 Å². The highest BCUT2D eigenvalue weighted by atomic mass is 31.2. The van der Waals surface area contributed by atoms with Crippen LogP contribution in [-0.4, -0.2) is 29.9 Å². The maximum atomic E-state index is 13.4. The maximum absolute atomic E-state index is 13.4. The second-order valence-electron chi connectivity index (χ2n) is 5.57. The van der Waals surface area contributed by atoms with Crippen molar-refractivity contribution in [1.82, 2.24) is 4.83 Å². The van der Waals surface area contributed by atoms with Gasteiger partial charge in [-0.3, -0.25) is 4.57 Å². The molecule has 2 aromatic rings. The fourth-order valence-electron chi connectivity index (χ4n) is 2.97. The van der Waals surface area contributed by atoms with Gasteiger partial charge in [0, 0.05) is 18.0 Å². The minimum absolute atomic E-state index is 0.206. The van der Waals surface area contributed by atoms with Gasteiger partial charge in [0.25, 0.3) is 0 Å². The Balaban J connectivity index is 1.91. The topological polar surface area (TPSA) is 49.8 Å². The SMILES string of the molecule is COc1ccc(P2(=O)CC(c3ccccc3)CCN2O)cc1. The number of ether oxygens (including phenoxy) is 1. The molecule has 0 bridgehead atoms. The number of hydrogen-bond acceptors (Lipinski definition) is 3. The van der Waals surface area contributed by atoms with Gasteiger partial charge in [0.05, 0.1) is 7.11 Å². The first-order valence-corrected chi connectivity index (χ1v) is 9.23. The van der Waals surface area contributed by atoms with E-state index in [1.54, 1.807) is 31.4 Å². The van der Waals surface area contributed by atoms with Crippen LogP contribution in [0.25, 0.3) is 0 Å². The highest BCUT2D eigenvalue weighted by Gasteiger charge is 2.39. The molecule has 0 spiro atoms. The van der Waals surface area contributed by atoms with E-state index >= 15 is 0 Å². The predicted molar refractivity (Wildman–Crippen MR) is 87.4 cm³/mol. The molecule has 0 saturated carbocycles. The summed E-state index contributed by atoms with van der Waals surface area (Å²) in [6.07, 6.45) is 1.26. The highest BCUT2D eigenvalue weighted by Crippen LogP contribution is 2.54. The molecule has 5 heteroatoms. The van der Waals surface area contributed by atoms with Gasteiger partial charge in [0.1, 0.15) is 5.75 Å². The quantitative estimate of drug-likeness (QED) is 0.881. The van der Waals surface area contributed by atoms with Gasteiger partial charge in [0.15, 0.2) is 0 Å². The third-order valence-electron chi connectivity index (χ3n) is 4.27. The summed E-state index contributed by atoms with van der Waals surface area (Å²) in [5.41, 5.74) is 1.18. The zero-order valence-electron chi connectivity index (χ0n) is 12.6. The molecule has 2 aromatic carbocycles. The van der Waals surface area contributed by atoms with Crippen LogP contribution in [0.4, 0.5) is 0 Å². The number of hydrogen-bond donors (Lipinski definition) is 1. The Morgan fingerprint density at radius 3 is 2.45 bits per heavy atom. The summed E-state index contributed by atoms with van der Waals surface area (Å²) < 4.78 is 18.5. The first-order valence-electron chi connectivity index (χ1n) is 7.39. The van der Waals surface area contributed by atoms with Crippen LogP contribution in [0.5, 0.6) is 5.75 Å². The molecule has 2 unspecified atom stereocenters. The summed E-state index contributed by atoms with van der Waals surface area (Å²) >= 11 is 0. The predicted octanol–water partition coefficient (Wildman–Crippen LogP) is 3.48. The Morgan fingerprint density at radius 2 is 1.82 bits per heavy atom. The van der Waals surface area contributed by atoms with Gasteiger partial charge in [0.2, 0.25) is 7.29 Å². The number of rotatable bonds is 3. The van der Waals surface area contributed by atoms with E-state index < -0.39 is 7.29 Å². The Hall–Kier alpha value is -1.61. The third-order valence-corrected chi connectivity index (χ3v) is 7.25. The molecule has 2 atom stereocenters. The molecule has 1 aliphatic heterocycles. The summed E-state index contributed by atoms with van der Waals surface area (Å²) in [5.74, 6) is 0.925. The van der Waals surface area contributed by atoms with Gasteiger partial charge >= 0.3 is 0 Å². The molecule has 0 radical (unpaired) electrons. The zero-order valence-corrected chi connectivity index (χ0v) is 13.4. The van der Waals surface area contributed by atoms with Crippen molar-refractivity contribution in [3.05, 3.63) is 60.2 Å². The van der Waals surface area contributed by atoms with E-state index in [9.17, 15) is 9.77 Å². The lowest BCUT2D eigenvalue weighted by Crippen LogP contribution is -2.33. The molecule has 4 nitrogen and oxygen atoms in total. The van der Waals surface area contributed by atoms with Crippen molar-refractivity contribution in [2.24, 2.45) is 0 Å². The molecule has 1 N–H and O–H groups in total. The van der Waals surface area contributed by atoms with Gasteiger partial charge in [-0.15, -0.1) is 4.83 Å². The van der Waals surface area contributed by atoms with Crippen LogP contribution < -0.4 is 10.0 Å². The van der Waals surface area contributed by atoms with E-state index in [0.29, 0.717) is 18.0 Å². The minimum Gasteiger partial charge on any atom is -0.497 e. The summed E-state index contributed by atoms with van der Waals surface area (Å²) in [7, 11) is -1.38. The molecular weight excluding hydrogens is 297 g/mol. The Kier molecular flexibility index (Phi) is 4.34.